The van der Waals surface area contributed by atoms with E-state index in [0.29, 0.717) is 6.07 Å². The largest absolute Gasteiger partial charge is 0.392 e. The molecule has 0 fully saturated rings. The first kappa shape index (κ1) is 8.62. The molecule has 0 aliphatic carbocycles. The second kappa shape index (κ2) is 3.28. The maximum absolute atomic E-state index is 12.7. The minimum absolute atomic E-state index is 0.0760. The quantitative estimate of drug-likeness (QED) is 0.689. The zero-order valence-corrected chi connectivity index (χ0v) is 6.01. The standard InChI is InChI=1S/C8H5F2NO/c9-7-2-8(10)6(4-12)1-5(7)3-11/h1-2,12H,4H2. The molecule has 62 valence electrons. The first-order chi connectivity index (χ1) is 5.69. The molecule has 1 rings (SSSR count). The molecule has 0 radical (unpaired) electrons. The Bertz CT molecular complexity index is 344. The van der Waals surface area contributed by atoms with E-state index in [-0.39, 0.29) is 11.1 Å². The van der Waals surface area contributed by atoms with Crippen molar-refractivity contribution in [3.05, 3.63) is 34.9 Å². The summed E-state index contributed by atoms with van der Waals surface area (Å²) in [7, 11) is 0. The monoisotopic (exact) mass is 169 g/mol. The molecule has 2 nitrogen and oxygen atoms in total. The molecule has 0 aliphatic heterocycles. The first-order valence-corrected chi connectivity index (χ1v) is 3.18. The summed E-state index contributed by atoms with van der Waals surface area (Å²) >= 11 is 0. The Morgan fingerprint density at radius 3 is 2.50 bits per heavy atom. The predicted molar refractivity (Wildman–Crippen MR) is 37.0 cm³/mol. The maximum Gasteiger partial charge on any atom is 0.143 e. The lowest BCUT2D eigenvalue weighted by Gasteiger charge is -1.99. The molecule has 1 aromatic rings. The molecule has 1 aromatic carbocycles. The van der Waals surface area contributed by atoms with Gasteiger partial charge in [0.2, 0.25) is 0 Å². The molecule has 0 amide bonds. The van der Waals surface area contributed by atoms with Crippen LogP contribution in [-0.4, -0.2) is 5.11 Å². The lowest BCUT2D eigenvalue weighted by molar-refractivity contribution is 0.275. The van der Waals surface area contributed by atoms with Gasteiger partial charge in [-0.2, -0.15) is 5.26 Å². The number of hydrogen-bond acceptors (Lipinski definition) is 2. The lowest BCUT2D eigenvalue weighted by atomic mass is 10.1. The van der Waals surface area contributed by atoms with E-state index in [1.165, 1.54) is 0 Å². The summed E-state index contributed by atoms with van der Waals surface area (Å²) in [5.74, 6) is -1.75. The number of hydrogen-bond donors (Lipinski definition) is 1. The average Bonchev–Trinajstić information content (AvgIpc) is 2.05. The van der Waals surface area contributed by atoms with Crippen LogP contribution in [0.3, 0.4) is 0 Å². The van der Waals surface area contributed by atoms with Gasteiger partial charge in [-0.05, 0) is 6.07 Å². The SMILES string of the molecule is N#Cc1cc(CO)c(F)cc1F. The molecule has 0 bridgehead atoms. The number of nitrogens with zero attached hydrogens (tertiary/aromatic N) is 1. The molecule has 0 saturated carbocycles. The Kier molecular flexibility index (Phi) is 2.36. The summed E-state index contributed by atoms with van der Waals surface area (Å²) in [4.78, 5) is 0. The van der Waals surface area contributed by atoms with Gasteiger partial charge in [-0.15, -0.1) is 0 Å². The fraction of sp³-hybridized carbons (Fsp3) is 0.125. The number of rotatable bonds is 1. The topological polar surface area (TPSA) is 44.0 Å². The Balaban J connectivity index is 3.30. The number of aliphatic hydroxyl groups is 1. The summed E-state index contributed by atoms with van der Waals surface area (Å²) in [5, 5.41) is 16.9. The molecule has 12 heavy (non-hydrogen) atoms. The van der Waals surface area contributed by atoms with Crippen LogP contribution in [0, 0.1) is 23.0 Å². The second-order valence-corrected chi connectivity index (χ2v) is 2.19. The van der Waals surface area contributed by atoms with Crippen molar-refractivity contribution < 1.29 is 13.9 Å². The van der Waals surface area contributed by atoms with Gasteiger partial charge < -0.3 is 5.11 Å². The molecule has 0 unspecified atom stereocenters. The van der Waals surface area contributed by atoms with Gasteiger partial charge in [0, 0.05) is 11.6 Å². The van der Waals surface area contributed by atoms with E-state index in [1.807, 2.05) is 0 Å². The van der Waals surface area contributed by atoms with Gasteiger partial charge >= 0.3 is 0 Å². The second-order valence-electron chi connectivity index (χ2n) is 2.19. The highest BCUT2D eigenvalue weighted by Gasteiger charge is 2.07. The van der Waals surface area contributed by atoms with E-state index in [1.54, 1.807) is 6.07 Å². The van der Waals surface area contributed by atoms with Gasteiger partial charge in [0.1, 0.15) is 17.7 Å². The molecule has 0 aliphatic rings. The van der Waals surface area contributed by atoms with Gasteiger partial charge in [-0.1, -0.05) is 0 Å². The number of aliphatic hydroxyl groups excluding tert-OH is 1. The lowest BCUT2D eigenvalue weighted by Crippen LogP contribution is -1.94. The van der Waals surface area contributed by atoms with E-state index in [9.17, 15) is 8.78 Å². The van der Waals surface area contributed by atoms with E-state index < -0.39 is 18.2 Å². The highest BCUT2D eigenvalue weighted by molar-refractivity contribution is 5.34. The molecule has 0 heterocycles. The summed E-state index contributed by atoms with van der Waals surface area (Å²) in [6, 6.07) is 3.12. The van der Waals surface area contributed by atoms with E-state index in [4.69, 9.17) is 10.4 Å². The predicted octanol–water partition coefficient (Wildman–Crippen LogP) is 1.33. The van der Waals surface area contributed by atoms with Crippen molar-refractivity contribution in [2.75, 3.05) is 0 Å². The molecule has 0 saturated heterocycles. The normalized spacial score (nSPS) is 9.50. The Labute approximate surface area is 67.7 Å². The summed E-state index contributed by atoms with van der Waals surface area (Å²) in [6.45, 7) is -0.541. The van der Waals surface area contributed by atoms with Crippen LogP contribution in [0.1, 0.15) is 11.1 Å². The molecule has 4 heteroatoms. The average molecular weight is 169 g/mol. The minimum atomic E-state index is -0.910. The smallest absolute Gasteiger partial charge is 0.143 e. The van der Waals surface area contributed by atoms with Crippen LogP contribution in [0.2, 0.25) is 0 Å². The third kappa shape index (κ3) is 1.41. The van der Waals surface area contributed by atoms with Gasteiger partial charge in [0.15, 0.2) is 0 Å². The molecule has 0 spiro atoms. The highest BCUT2D eigenvalue weighted by atomic mass is 19.1. The maximum atomic E-state index is 12.7. The van der Waals surface area contributed by atoms with Crippen LogP contribution in [-0.2, 0) is 6.61 Å². The zero-order valence-electron chi connectivity index (χ0n) is 6.01. The van der Waals surface area contributed by atoms with Crippen molar-refractivity contribution in [2.45, 2.75) is 6.61 Å². The summed E-state index contributed by atoms with van der Waals surface area (Å²) < 4.78 is 25.3. The van der Waals surface area contributed by atoms with E-state index >= 15 is 0 Å². The zero-order chi connectivity index (χ0) is 9.14. The van der Waals surface area contributed by atoms with Gasteiger partial charge in [0.25, 0.3) is 0 Å². The minimum Gasteiger partial charge on any atom is -0.392 e. The van der Waals surface area contributed by atoms with Crippen molar-refractivity contribution in [2.24, 2.45) is 0 Å². The number of nitriles is 1. The third-order valence-corrected chi connectivity index (χ3v) is 1.43. The molecule has 0 aromatic heterocycles. The number of halogens is 2. The molecular weight excluding hydrogens is 164 g/mol. The van der Waals surface area contributed by atoms with Crippen molar-refractivity contribution >= 4 is 0 Å². The van der Waals surface area contributed by atoms with Crippen molar-refractivity contribution in [3.63, 3.8) is 0 Å². The van der Waals surface area contributed by atoms with Gasteiger partial charge in [-0.3, -0.25) is 0 Å². The highest BCUT2D eigenvalue weighted by Crippen LogP contribution is 2.13. The Morgan fingerprint density at radius 2 is 2.00 bits per heavy atom. The third-order valence-electron chi connectivity index (χ3n) is 1.43. The molecular formula is C8H5F2NO. The van der Waals surface area contributed by atoms with Crippen LogP contribution >= 0.6 is 0 Å². The number of benzene rings is 1. The molecule has 0 atom stereocenters. The molecule has 1 N–H and O–H groups in total. The Hall–Kier alpha value is -1.47. The van der Waals surface area contributed by atoms with Gasteiger partial charge in [0.05, 0.1) is 12.2 Å². The van der Waals surface area contributed by atoms with Gasteiger partial charge in [-0.25, -0.2) is 8.78 Å². The van der Waals surface area contributed by atoms with Crippen LogP contribution in [0.5, 0.6) is 0 Å². The van der Waals surface area contributed by atoms with Crippen LogP contribution in [0.15, 0.2) is 12.1 Å². The van der Waals surface area contributed by atoms with Crippen LogP contribution < -0.4 is 0 Å². The van der Waals surface area contributed by atoms with Crippen molar-refractivity contribution in [3.8, 4) is 6.07 Å². The van der Waals surface area contributed by atoms with E-state index in [0.717, 1.165) is 6.07 Å². The van der Waals surface area contributed by atoms with E-state index in [2.05, 4.69) is 0 Å². The Morgan fingerprint density at radius 1 is 1.33 bits per heavy atom. The van der Waals surface area contributed by atoms with Crippen LogP contribution in [0.4, 0.5) is 8.78 Å². The summed E-state index contributed by atoms with van der Waals surface area (Å²) in [6.07, 6.45) is 0. The first-order valence-electron chi connectivity index (χ1n) is 3.18. The van der Waals surface area contributed by atoms with Crippen LogP contribution in [0.25, 0.3) is 0 Å². The fourth-order valence-corrected chi connectivity index (χ4v) is 0.801. The van der Waals surface area contributed by atoms with Crippen molar-refractivity contribution in [1.29, 1.82) is 5.26 Å². The van der Waals surface area contributed by atoms with Crippen molar-refractivity contribution in [1.82, 2.24) is 0 Å². The summed E-state index contributed by atoms with van der Waals surface area (Å²) in [5.41, 5.74) is -0.339. The fourth-order valence-electron chi connectivity index (χ4n) is 0.801.